The quantitative estimate of drug-likeness (QED) is 0.138. The fraction of sp³-hybridized carbons (Fsp3) is 0.273. The first kappa shape index (κ1) is 30.9. The van der Waals surface area contributed by atoms with E-state index in [1.165, 1.54) is 55.6 Å². The highest BCUT2D eigenvalue weighted by atomic mass is 16.5. The zero-order valence-electron chi connectivity index (χ0n) is 25.1. The Hall–Kier alpha value is -4.75. The standard InChI is InChI=1S/C33H30B2N2O10/c1-47-26-11-8-16(12-25(26)38)27-21-9-10-22-28(32(41)36(30(22)39)19-6-2-4-17(13-19)34(43)44)23(21)15-24-29(27)33(42)37(31(24)40)20-7-3-5-18(14-20)35(45)46/h2-9,11-14,22-24,27-29,38,43-46H,10,15H2,1H3. The van der Waals surface area contributed by atoms with Crippen molar-refractivity contribution in [3.63, 3.8) is 0 Å². The Morgan fingerprint density at radius 2 is 1.28 bits per heavy atom. The lowest BCUT2D eigenvalue weighted by atomic mass is 9.57. The van der Waals surface area contributed by atoms with E-state index >= 15 is 0 Å². The monoisotopic (exact) mass is 636 g/mol. The number of hydrogen-bond acceptors (Lipinski definition) is 10. The van der Waals surface area contributed by atoms with Gasteiger partial charge in [-0.15, -0.1) is 0 Å². The number of methoxy groups -OCH3 is 1. The van der Waals surface area contributed by atoms with Crippen molar-refractivity contribution in [2.45, 2.75) is 18.8 Å². The molecule has 4 amide bonds. The predicted octanol–water partition coefficient (Wildman–Crippen LogP) is -0.194. The van der Waals surface area contributed by atoms with Crippen molar-refractivity contribution < 1.29 is 49.1 Å². The van der Waals surface area contributed by atoms with Gasteiger partial charge in [0.15, 0.2) is 11.5 Å². The van der Waals surface area contributed by atoms with E-state index in [-0.39, 0.29) is 46.6 Å². The van der Waals surface area contributed by atoms with Crippen LogP contribution in [0.25, 0.3) is 0 Å². The number of anilines is 2. The molecule has 3 fully saturated rings. The largest absolute Gasteiger partial charge is 0.504 e. The number of benzene rings is 3. The van der Waals surface area contributed by atoms with Crippen LogP contribution in [0, 0.1) is 29.6 Å². The number of carbonyl (C=O) groups excluding carboxylic acids is 4. The summed E-state index contributed by atoms with van der Waals surface area (Å²) in [7, 11) is -2.21. The third-order valence-corrected chi connectivity index (χ3v) is 10.1. The molecule has 4 aliphatic rings. The Morgan fingerprint density at radius 3 is 1.83 bits per heavy atom. The maximum Gasteiger partial charge on any atom is 0.488 e. The first-order chi connectivity index (χ1) is 22.5. The lowest BCUT2D eigenvalue weighted by Gasteiger charge is -2.44. The Kier molecular flexibility index (Phi) is 7.55. The summed E-state index contributed by atoms with van der Waals surface area (Å²) in [5.74, 6) is -6.55. The van der Waals surface area contributed by atoms with Crippen molar-refractivity contribution in [1.82, 2.24) is 0 Å². The molecular formula is C33H30B2N2O10. The van der Waals surface area contributed by atoms with E-state index in [1.807, 2.05) is 6.08 Å². The van der Waals surface area contributed by atoms with Crippen molar-refractivity contribution >= 4 is 60.2 Å². The van der Waals surface area contributed by atoms with Crippen LogP contribution in [0.2, 0.25) is 0 Å². The zero-order chi connectivity index (χ0) is 33.3. The number of amides is 4. The van der Waals surface area contributed by atoms with E-state index in [0.717, 1.165) is 15.4 Å². The van der Waals surface area contributed by atoms with E-state index in [4.69, 9.17) is 4.74 Å². The average molecular weight is 636 g/mol. The van der Waals surface area contributed by atoms with E-state index in [2.05, 4.69) is 0 Å². The van der Waals surface area contributed by atoms with Crippen molar-refractivity contribution in [2.24, 2.45) is 29.6 Å². The van der Waals surface area contributed by atoms with Gasteiger partial charge in [0.25, 0.3) is 0 Å². The second-order valence-electron chi connectivity index (χ2n) is 12.4. The lowest BCUT2D eigenvalue weighted by Crippen LogP contribution is -2.43. The molecule has 5 N–H and O–H groups in total. The fourth-order valence-corrected chi connectivity index (χ4v) is 8.02. The maximum absolute atomic E-state index is 14.3. The number of ether oxygens (including phenoxy) is 1. The van der Waals surface area contributed by atoms with Crippen LogP contribution >= 0.6 is 0 Å². The summed E-state index contributed by atoms with van der Waals surface area (Å²) in [6, 6.07) is 16.5. The molecule has 14 heteroatoms. The molecule has 3 aromatic rings. The number of phenols is 1. The van der Waals surface area contributed by atoms with Crippen LogP contribution in [-0.4, -0.2) is 70.2 Å². The number of allylic oxidation sites excluding steroid dienone is 2. The summed E-state index contributed by atoms with van der Waals surface area (Å²) >= 11 is 0. The smallest absolute Gasteiger partial charge is 0.488 e. The van der Waals surface area contributed by atoms with Crippen molar-refractivity contribution in [2.75, 3.05) is 16.9 Å². The normalized spacial score (nSPS) is 26.5. The molecule has 3 aromatic carbocycles. The van der Waals surface area contributed by atoms with Gasteiger partial charge in [-0.3, -0.25) is 29.0 Å². The van der Waals surface area contributed by atoms with E-state index in [0.29, 0.717) is 5.56 Å². The summed E-state index contributed by atoms with van der Waals surface area (Å²) in [6.07, 6.45) is 2.19. The minimum absolute atomic E-state index is 0.0989. The molecule has 2 saturated heterocycles. The Balaban J connectivity index is 1.32. The van der Waals surface area contributed by atoms with Gasteiger partial charge in [0.1, 0.15) is 0 Å². The molecule has 2 aliphatic heterocycles. The number of rotatable bonds is 6. The van der Waals surface area contributed by atoms with Gasteiger partial charge in [0, 0.05) is 5.92 Å². The summed E-state index contributed by atoms with van der Waals surface area (Å²) in [4.78, 5) is 58.5. The Morgan fingerprint density at radius 1 is 0.702 bits per heavy atom. The highest BCUT2D eigenvalue weighted by Crippen LogP contribution is 2.58. The highest BCUT2D eigenvalue weighted by molar-refractivity contribution is 6.59. The van der Waals surface area contributed by atoms with Crippen LogP contribution in [0.5, 0.6) is 11.5 Å². The van der Waals surface area contributed by atoms with Gasteiger partial charge < -0.3 is 29.9 Å². The molecule has 7 rings (SSSR count). The highest BCUT2D eigenvalue weighted by Gasteiger charge is 2.62. The van der Waals surface area contributed by atoms with Crippen LogP contribution in [0.3, 0.4) is 0 Å². The molecule has 0 radical (unpaired) electrons. The topological polar surface area (TPSA) is 185 Å². The van der Waals surface area contributed by atoms with Crippen molar-refractivity contribution in [1.29, 1.82) is 0 Å². The van der Waals surface area contributed by atoms with Gasteiger partial charge in [-0.1, -0.05) is 42.0 Å². The molecule has 6 atom stereocenters. The van der Waals surface area contributed by atoms with Crippen LogP contribution in [0.4, 0.5) is 11.4 Å². The Bertz CT molecular complexity index is 1860. The van der Waals surface area contributed by atoms with Crippen LogP contribution in [0.1, 0.15) is 24.3 Å². The molecule has 0 bridgehead atoms. The minimum atomic E-state index is -1.82. The molecule has 0 aromatic heterocycles. The lowest BCUT2D eigenvalue weighted by molar-refractivity contribution is -0.126. The Labute approximate surface area is 269 Å². The second kappa shape index (κ2) is 11.5. The number of fused-ring (bicyclic) bond motifs is 4. The number of nitrogens with zero attached hydrogens (tertiary/aromatic N) is 2. The molecule has 6 unspecified atom stereocenters. The molecule has 47 heavy (non-hydrogen) atoms. The van der Waals surface area contributed by atoms with Gasteiger partial charge in [0.2, 0.25) is 23.6 Å². The van der Waals surface area contributed by atoms with E-state index < -0.39 is 73.4 Å². The third kappa shape index (κ3) is 4.78. The molecule has 238 valence electrons. The second-order valence-corrected chi connectivity index (χ2v) is 12.4. The summed E-state index contributed by atoms with van der Waals surface area (Å²) < 4.78 is 5.23. The molecule has 2 heterocycles. The van der Waals surface area contributed by atoms with E-state index in [1.54, 1.807) is 18.2 Å². The summed E-state index contributed by atoms with van der Waals surface area (Å²) in [5, 5.41) is 49.6. The third-order valence-electron chi connectivity index (χ3n) is 10.1. The first-order valence-electron chi connectivity index (χ1n) is 15.3. The van der Waals surface area contributed by atoms with Crippen molar-refractivity contribution in [3.05, 3.63) is 83.9 Å². The minimum Gasteiger partial charge on any atom is -0.504 e. The van der Waals surface area contributed by atoms with Gasteiger partial charge >= 0.3 is 14.2 Å². The number of carbonyl (C=O) groups is 4. The maximum atomic E-state index is 14.3. The van der Waals surface area contributed by atoms with Gasteiger partial charge in [-0.2, -0.15) is 0 Å². The van der Waals surface area contributed by atoms with Crippen molar-refractivity contribution in [3.8, 4) is 11.5 Å². The predicted molar refractivity (Wildman–Crippen MR) is 170 cm³/mol. The summed E-state index contributed by atoms with van der Waals surface area (Å²) in [5.41, 5.74) is 1.86. The fourth-order valence-electron chi connectivity index (χ4n) is 8.02. The molecule has 1 saturated carbocycles. The summed E-state index contributed by atoms with van der Waals surface area (Å²) in [6.45, 7) is 0. The molecule has 2 aliphatic carbocycles. The van der Waals surface area contributed by atoms with Gasteiger partial charge in [0.05, 0.1) is 42.2 Å². The van der Waals surface area contributed by atoms with E-state index in [9.17, 15) is 44.4 Å². The van der Waals surface area contributed by atoms with Gasteiger partial charge in [-0.25, -0.2) is 0 Å². The number of phenolic OH excluding ortho intramolecular Hbond substituents is 1. The number of hydrogen-bond donors (Lipinski definition) is 5. The van der Waals surface area contributed by atoms with Crippen LogP contribution in [-0.2, 0) is 19.2 Å². The average Bonchev–Trinajstić information content (AvgIpc) is 3.47. The SMILES string of the molecule is COc1ccc(C2C3=CCC4C(=O)N(c5cccc(B(O)O)c5)C(=O)C4C3CC3C(=O)N(c4cccc(B(O)O)c4)C(=O)C32)cc1O. The van der Waals surface area contributed by atoms with Gasteiger partial charge in [-0.05, 0) is 71.6 Å². The number of aromatic hydroxyl groups is 1. The van der Waals surface area contributed by atoms with Crippen LogP contribution < -0.4 is 25.5 Å². The van der Waals surface area contributed by atoms with Crippen LogP contribution in [0.15, 0.2) is 78.4 Å². The molecule has 0 spiro atoms. The molecule has 12 nitrogen and oxygen atoms in total. The zero-order valence-corrected chi connectivity index (χ0v) is 25.1. The number of imide groups is 2. The molecular weight excluding hydrogens is 606 g/mol. The first-order valence-corrected chi connectivity index (χ1v) is 15.3.